The second-order valence-corrected chi connectivity index (χ2v) is 8.87. The van der Waals surface area contributed by atoms with Gasteiger partial charge < -0.3 is 19.3 Å². The molecule has 2 aliphatic heterocycles. The van der Waals surface area contributed by atoms with Crippen LogP contribution < -0.4 is 4.74 Å². The van der Waals surface area contributed by atoms with Crippen molar-refractivity contribution >= 4 is 10.9 Å². The van der Waals surface area contributed by atoms with Crippen LogP contribution in [-0.2, 0) is 22.5 Å². The summed E-state index contributed by atoms with van der Waals surface area (Å²) >= 11 is 0. The second kappa shape index (κ2) is 9.13. The molecule has 8 nitrogen and oxygen atoms in total. The molecule has 0 radical (unpaired) electrons. The zero-order chi connectivity index (χ0) is 22.1. The summed E-state index contributed by atoms with van der Waals surface area (Å²) in [5, 5.41) is 19.3. The van der Waals surface area contributed by atoms with E-state index in [0.717, 1.165) is 53.8 Å². The summed E-state index contributed by atoms with van der Waals surface area (Å²) in [6, 6.07) is 6.26. The van der Waals surface area contributed by atoms with Crippen LogP contribution in [0, 0.1) is 5.92 Å². The number of rotatable bonds is 6. The van der Waals surface area contributed by atoms with Crippen LogP contribution in [0.3, 0.4) is 0 Å². The molecule has 1 N–H and O–H groups in total. The largest absolute Gasteiger partial charge is 0.484 e. The summed E-state index contributed by atoms with van der Waals surface area (Å²) in [4.78, 5) is 4.57. The summed E-state index contributed by atoms with van der Waals surface area (Å²) in [5.41, 5.74) is 4.23. The van der Waals surface area contributed by atoms with Crippen molar-refractivity contribution in [3.8, 4) is 5.75 Å². The number of aromatic nitrogens is 4. The fourth-order valence-electron chi connectivity index (χ4n) is 4.60. The molecule has 32 heavy (non-hydrogen) atoms. The van der Waals surface area contributed by atoms with Gasteiger partial charge in [0.15, 0.2) is 0 Å². The van der Waals surface area contributed by atoms with Gasteiger partial charge >= 0.3 is 0 Å². The van der Waals surface area contributed by atoms with E-state index < -0.39 is 0 Å². The number of hydrogen-bond donors (Lipinski definition) is 1. The first-order valence-electron chi connectivity index (χ1n) is 11.4. The molecule has 0 aliphatic carbocycles. The molecule has 170 valence electrons. The lowest BCUT2D eigenvalue weighted by atomic mass is 9.95. The summed E-state index contributed by atoms with van der Waals surface area (Å²) in [6.45, 7) is 6.16. The molecular weight excluding hydrogens is 408 g/mol. The lowest BCUT2D eigenvalue weighted by Crippen LogP contribution is -2.33. The van der Waals surface area contributed by atoms with E-state index in [1.807, 2.05) is 43.1 Å². The van der Waals surface area contributed by atoms with Crippen molar-refractivity contribution in [3.63, 3.8) is 0 Å². The Kier molecular flexibility index (Phi) is 6.08. The summed E-state index contributed by atoms with van der Waals surface area (Å²) in [7, 11) is 0. The van der Waals surface area contributed by atoms with E-state index in [0.29, 0.717) is 13.2 Å². The monoisotopic (exact) mass is 438 g/mol. The minimum absolute atomic E-state index is 0.0441. The van der Waals surface area contributed by atoms with Crippen molar-refractivity contribution in [1.29, 1.82) is 0 Å². The fraction of sp³-hybridized carbons (Fsp3) is 0.542. The molecule has 0 saturated carbocycles. The minimum atomic E-state index is -0.232. The quantitative estimate of drug-likeness (QED) is 0.631. The first kappa shape index (κ1) is 21.3. The van der Waals surface area contributed by atoms with Crippen LogP contribution in [0.1, 0.15) is 55.7 Å². The summed E-state index contributed by atoms with van der Waals surface area (Å²) in [5.74, 6) is 0.909. The van der Waals surface area contributed by atoms with E-state index >= 15 is 0 Å². The third kappa shape index (κ3) is 4.22. The van der Waals surface area contributed by atoms with Crippen molar-refractivity contribution in [1.82, 2.24) is 20.0 Å². The number of ether oxygens (including phenoxy) is 3. The Morgan fingerprint density at radius 3 is 3.06 bits per heavy atom. The molecule has 5 rings (SSSR count). The zero-order valence-corrected chi connectivity index (χ0v) is 18.6. The first-order valence-corrected chi connectivity index (χ1v) is 11.4. The zero-order valence-electron chi connectivity index (χ0n) is 18.6. The molecular formula is C24H30N4O4. The Bertz CT molecular complexity index is 1090. The van der Waals surface area contributed by atoms with E-state index in [1.165, 1.54) is 5.56 Å². The second-order valence-electron chi connectivity index (χ2n) is 8.87. The lowest BCUT2D eigenvalue weighted by molar-refractivity contribution is -0.0485. The highest BCUT2D eigenvalue weighted by Gasteiger charge is 2.29. The molecule has 8 heteroatoms. The Morgan fingerprint density at radius 2 is 2.19 bits per heavy atom. The van der Waals surface area contributed by atoms with Crippen molar-refractivity contribution < 1.29 is 19.3 Å². The van der Waals surface area contributed by atoms with Gasteiger partial charge in [0.05, 0.1) is 37.1 Å². The molecule has 4 heterocycles. The maximum Gasteiger partial charge on any atom is 0.141 e. The van der Waals surface area contributed by atoms with Crippen molar-refractivity contribution in [3.05, 3.63) is 47.4 Å². The topological polar surface area (TPSA) is 91.5 Å². The maximum absolute atomic E-state index is 9.45. The van der Waals surface area contributed by atoms with Crippen LogP contribution in [0.5, 0.6) is 5.75 Å². The van der Waals surface area contributed by atoms with Crippen LogP contribution >= 0.6 is 0 Å². The van der Waals surface area contributed by atoms with Gasteiger partial charge in [0.25, 0.3) is 0 Å². The SMILES string of the molecule is CC(CO)[C@@H]1C[C@H](n2cc([C@@H](C)Oc3ccc4ncc5c(c4c3)CCOC5)nn2)CCO1. The highest BCUT2D eigenvalue weighted by atomic mass is 16.5. The van der Waals surface area contributed by atoms with Gasteiger partial charge in [-0.25, -0.2) is 4.68 Å². The van der Waals surface area contributed by atoms with Gasteiger partial charge in [0, 0.05) is 30.7 Å². The van der Waals surface area contributed by atoms with Crippen LogP contribution in [0.25, 0.3) is 10.9 Å². The standard InChI is InChI=1S/C24H30N4O4/c1-15(13-29)24-9-18(5-8-31-24)28-12-23(26-27-28)16(2)32-19-3-4-22-21(10-19)20-6-7-30-14-17(20)11-25-22/h3-4,10-12,15-16,18,24,29H,5-9,13-14H2,1-2H3/t15?,16-,18-,24+/m1/s1. The van der Waals surface area contributed by atoms with Crippen molar-refractivity contribution in [2.24, 2.45) is 5.92 Å². The number of aliphatic hydroxyl groups is 1. The Hall–Kier alpha value is -2.55. The van der Waals surface area contributed by atoms with E-state index in [-0.39, 0.29) is 30.8 Å². The number of hydrogen-bond acceptors (Lipinski definition) is 7. The average molecular weight is 439 g/mol. The molecule has 1 fully saturated rings. The van der Waals surface area contributed by atoms with Crippen molar-refractivity contribution in [2.75, 3.05) is 19.8 Å². The normalized spacial score (nSPS) is 23.0. The fourth-order valence-corrected chi connectivity index (χ4v) is 4.60. The molecule has 2 aliphatic rings. The predicted molar refractivity (Wildman–Crippen MR) is 118 cm³/mol. The minimum Gasteiger partial charge on any atom is -0.484 e. The van der Waals surface area contributed by atoms with Crippen LogP contribution in [-0.4, -0.2) is 51.0 Å². The van der Waals surface area contributed by atoms with Crippen molar-refractivity contribution in [2.45, 2.75) is 58.0 Å². The molecule has 1 saturated heterocycles. The maximum atomic E-state index is 9.45. The molecule has 1 unspecified atom stereocenters. The Morgan fingerprint density at radius 1 is 1.28 bits per heavy atom. The lowest BCUT2D eigenvalue weighted by Gasteiger charge is -2.32. The van der Waals surface area contributed by atoms with E-state index in [4.69, 9.17) is 14.2 Å². The van der Waals surface area contributed by atoms with Crippen LogP contribution in [0.15, 0.2) is 30.6 Å². The van der Waals surface area contributed by atoms with Gasteiger partial charge in [-0.15, -0.1) is 5.10 Å². The van der Waals surface area contributed by atoms with Gasteiger partial charge in [-0.05, 0) is 55.5 Å². The Balaban J connectivity index is 1.31. The van der Waals surface area contributed by atoms with Gasteiger partial charge in [-0.2, -0.15) is 0 Å². The van der Waals surface area contributed by atoms with E-state index in [2.05, 4.69) is 21.4 Å². The van der Waals surface area contributed by atoms with Crippen LogP contribution in [0.2, 0.25) is 0 Å². The molecule has 4 atom stereocenters. The van der Waals surface area contributed by atoms with E-state index in [1.54, 1.807) is 0 Å². The number of benzene rings is 1. The summed E-state index contributed by atoms with van der Waals surface area (Å²) < 4.78 is 19.6. The molecule has 3 aromatic rings. The van der Waals surface area contributed by atoms with Gasteiger partial charge in [0.2, 0.25) is 0 Å². The molecule has 2 aromatic heterocycles. The van der Waals surface area contributed by atoms with Gasteiger partial charge in [0.1, 0.15) is 17.5 Å². The number of aliphatic hydroxyl groups excluding tert-OH is 1. The number of fused-ring (bicyclic) bond motifs is 3. The highest BCUT2D eigenvalue weighted by molar-refractivity contribution is 5.84. The third-order valence-electron chi connectivity index (χ3n) is 6.64. The number of pyridine rings is 1. The molecule has 1 aromatic carbocycles. The highest BCUT2D eigenvalue weighted by Crippen LogP contribution is 2.31. The Labute approximate surface area is 187 Å². The molecule has 0 amide bonds. The molecule has 0 bridgehead atoms. The third-order valence-corrected chi connectivity index (χ3v) is 6.64. The summed E-state index contributed by atoms with van der Waals surface area (Å²) in [6.07, 6.45) is 6.31. The first-order chi connectivity index (χ1) is 15.6. The van der Waals surface area contributed by atoms with Crippen LogP contribution in [0.4, 0.5) is 0 Å². The average Bonchev–Trinajstić information content (AvgIpc) is 3.34. The predicted octanol–water partition coefficient (Wildman–Crippen LogP) is 3.39. The van der Waals surface area contributed by atoms with Gasteiger partial charge in [-0.3, -0.25) is 4.98 Å². The molecule has 0 spiro atoms. The smallest absolute Gasteiger partial charge is 0.141 e. The van der Waals surface area contributed by atoms with Gasteiger partial charge in [-0.1, -0.05) is 12.1 Å². The van der Waals surface area contributed by atoms with E-state index in [9.17, 15) is 5.11 Å². The number of nitrogens with zero attached hydrogens (tertiary/aromatic N) is 4.